The van der Waals surface area contributed by atoms with Crippen molar-refractivity contribution in [1.29, 1.82) is 0 Å². The van der Waals surface area contributed by atoms with Gasteiger partial charge in [-0.1, -0.05) is 6.08 Å². The first-order valence-electron chi connectivity index (χ1n) is 5.03. The van der Waals surface area contributed by atoms with Gasteiger partial charge < -0.3 is 4.74 Å². The van der Waals surface area contributed by atoms with Gasteiger partial charge in [-0.3, -0.25) is 0 Å². The van der Waals surface area contributed by atoms with Crippen LogP contribution in [0.2, 0.25) is 0 Å². The molecule has 0 aromatic rings. The number of hydrogen-bond acceptors (Lipinski definition) is 4. The van der Waals surface area contributed by atoms with Crippen molar-refractivity contribution >= 4 is 5.97 Å². The minimum Gasteiger partial charge on any atom is -0.463 e. The maximum atomic E-state index is 11.3. The summed E-state index contributed by atoms with van der Waals surface area (Å²) < 4.78 is 4.83. The molecular formula is C11H20O4. The van der Waals surface area contributed by atoms with Crippen LogP contribution in [-0.4, -0.2) is 24.8 Å². The number of carbonyl (C=O) groups excluding carboxylic acids is 1. The highest BCUT2D eigenvalue weighted by atomic mass is 17.2. The SMILES string of the molecule is C/C=C(/COOC(C)(C)C)C(=O)OCC. The Balaban J connectivity index is 3.98. The van der Waals surface area contributed by atoms with Gasteiger partial charge in [0.1, 0.15) is 6.61 Å². The highest BCUT2D eigenvalue weighted by Gasteiger charge is 2.14. The second-order valence-electron chi connectivity index (χ2n) is 3.99. The van der Waals surface area contributed by atoms with Crippen molar-refractivity contribution < 1.29 is 19.3 Å². The van der Waals surface area contributed by atoms with Gasteiger partial charge >= 0.3 is 5.97 Å². The van der Waals surface area contributed by atoms with Crippen LogP contribution in [0.1, 0.15) is 34.6 Å². The molecule has 0 heterocycles. The molecule has 0 aromatic carbocycles. The highest BCUT2D eigenvalue weighted by molar-refractivity contribution is 5.88. The largest absolute Gasteiger partial charge is 0.463 e. The molecule has 0 aromatic heterocycles. The third kappa shape index (κ3) is 7.11. The van der Waals surface area contributed by atoms with Crippen LogP contribution in [0.4, 0.5) is 0 Å². The van der Waals surface area contributed by atoms with Crippen molar-refractivity contribution in [3.8, 4) is 0 Å². The first kappa shape index (κ1) is 14.1. The fraction of sp³-hybridized carbons (Fsp3) is 0.727. The molecule has 0 bridgehead atoms. The molecule has 0 aliphatic heterocycles. The molecule has 0 saturated heterocycles. The summed E-state index contributed by atoms with van der Waals surface area (Å²) in [6.07, 6.45) is 1.66. The molecule has 0 fully saturated rings. The Morgan fingerprint density at radius 3 is 2.33 bits per heavy atom. The van der Waals surface area contributed by atoms with Crippen molar-refractivity contribution in [3.05, 3.63) is 11.6 Å². The van der Waals surface area contributed by atoms with Crippen molar-refractivity contribution in [2.45, 2.75) is 40.2 Å². The number of carbonyl (C=O) groups is 1. The van der Waals surface area contributed by atoms with Crippen LogP contribution < -0.4 is 0 Å². The molecule has 0 radical (unpaired) electrons. The quantitative estimate of drug-likeness (QED) is 0.306. The van der Waals surface area contributed by atoms with Crippen LogP contribution in [0.5, 0.6) is 0 Å². The smallest absolute Gasteiger partial charge is 0.336 e. The van der Waals surface area contributed by atoms with Gasteiger partial charge in [0, 0.05) is 0 Å². The van der Waals surface area contributed by atoms with E-state index in [2.05, 4.69) is 0 Å². The molecule has 0 atom stereocenters. The molecule has 15 heavy (non-hydrogen) atoms. The summed E-state index contributed by atoms with van der Waals surface area (Å²) in [5.41, 5.74) is 0.0779. The van der Waals surface area contributed by atoms with E-state index in [4.69, 9.17) is 14.5 Å². The molecule has 0 N–H and O–H groups in total. The van der Waals surface area contributed by atoms with Crippen LogP contribution in [0.25, 0.3) is 0 Å². The summed E-state index contributed by atoms with van der Waals surface area (Å²) in [6.45, 7) is 9.58. The maximum Gasteiger partial charge on any atom is 0.336 e. The van der Waals surface area contributed by atoms with Gasteiger partial charge in [-0.15, -0.1) is 0 Å². The Morgan fingerprint density at radius 1 is 1.33 bits per heavy atom. The second-order valence-corrected chi connectivity index (χ2v) is 3.99. The van der Waals surface area contributed by atoms with E-state index in [9.17, 15) is 4.79 Å². The fourth-order valence-corrected chi connectivity index (χ4v) is 0.754. The third-order valence-corrected chi connectivity index (χ3v) is 1.41. The van der Waals surface area contributed by atoms with Crippen LogP contribution in [0.15, 0.2) is 11.6 Å². The van der Waals surface area contributed by atoms with Crippen LogP contribution in [0, 0.1) is 0 Å². The van der Waals surface area contributed by atoms with E-state index in [0.717, 1.165) is 0 Å². The van der Waals surface area contributed by atoms with E-state index in [0.29, 0.717) is 12.2 Å². The second kappa shape index (κ2) is 6.58. The molecule has 0 spiro atoms. The van der Waals surface area contributed by atoms with Gasteiger partial charge in [0.25, 0.3) is 0 Å². The number of rotatable bonds is 5. The molecule has 88 valence electrons. The highest BCUT2D eigenvalue weighted by Crippen LogP contribution is 2.08. The molecule has 0 saturated carbocycles. The van der Waals surface area contributed by atoms with Gasteiger partial charge in [0.05, 0.1) is 17.8 Å². The molecule has 0 aliphatic carbocycles. The summed E-state index contributed by atoms with van der Waals surface area (Å²) in [5, 5.41) is 0. The Kier molecular flexibility index (Phi) is 6.20. The zero-order chi connectivity index (χ0) is 11.9. The van der Waals surface area contributed by atoms with Crippen LogP contribution in [-0.2, 0) is 19.3 Å². The van der Waals surface area contributed by atoms with Crippen LogP contribution >= 0.6 is 0 Å². The predicted molar refractivity (Wildman–Crippen MR) is 57.2 cm³/mol. The molecule has 4 heteroatoms. The van der Waals surface area contributed by atoms with E-state index in [-0.39, 0.29) is 18.2 Å². The topological polar surface area (TPSA) is 44.8 Å². The summed E-state index contributed by atoms with van der Waals surface area (Å²) in [5.74, 6) is -0.363. The monoisotopic (exact) mass is 216 g/mol. The van der Waals surface area contributed by atoms with E-state index in [1.165, 1.54) is 0 Å². The zero-order valence-corrected chi connectivity index (χ0v) is 10.1. The summed E-state index contributed by atoms with van der Waals surface area (Å²) in [6, 6.07) is 0. The lowest BCUT2D eigenvalue weighted by Crippen LogP contribution is -2.21. The predicted octanol–water partition coefficient (Wildman–Crippen LogP) is 2.24. The van der Waals surface area contributed by atoms with Gasteiger partial charge in [-0.2, -0.15) is 0 Å². The first-order chi connectivity index (χ1) is 6.90. The Morgan fingerprint density at radius 2 is 1.93 bits per heavy atom. The minimum absolute atomic E-state index is 0.104. The summed E-state index contributed by atoms with van der Waals surface area (Å²) in [7, 11) is 0. The molecule has 0 unspecified atom stereocenters. The van der Waals surface area contributed by atoms with Crippen molar-refractivity contribution in [1.82, 2.24) is 0 Å². The van der Waals surface area contributed by atoms with Gasteiger partial charge in [-0.25, -0.2) is 14.6 Å². The molecule has 4 nitrogen and oxygen atoms in total. The van der Waals surface area contributed by atoms with Crippen LogP contribution in [0.3, 0.4) is 0 Å². The van der Waals surface area contributed by atoms with Gasteiger partial charge in [-0.05, 0) is 34.6 Å². The normalized spacial score (nSPS) is 12.7. The standard InChI is InChI=1S/C11H20O4/c1-6-9(10(12)13-7-2)8-14-15-11(3,4)5/h6H,7-8H2,1-5H3/b9-6-. The minimum atomic E-state index is -0.381. The maximum absolute atomic E-state index is 11.3. The lowest BCUT2D eigenvalue weighted by molar-refractivity contribution is -0.343. The van der Waals surface area contributed by atoms with E-state index in [1.807, 2.05) is 20.8 Å². The Hall–Kier alpha value is -0.870. The number of ether oxygens (including phenoxy) is 1. The van der Waals surface area contributed by atoms with E-state index in [1.54, 1.807) is 19.9 Å². The van der Waals surface area contributed by atoms with E-state index < -0.39 is 0 Å². The Labute approximate surface area is 91.1 Å². The van der Waals surface area contributed by atoms with E-state index >= 15 is 0 Å². The number of hydrogen-bond donors (Lipinski definition) is 0. The van der Waals surface area contributed by atoms with Crippen molar-refractivity contribution in [3.63, 3.8) is 0 Å². The lowest BCUT2D eigenvalue weighted by atomic mass is 10.2. The number of esters is 1. The summed E-state index contributed by atoms with van der Waals surface area (Å²) >= 11 is 0. The molecule has 0 amide bonds. The molecule has 0 rings (SSSR count). The lowest BCUT2D eigenvalue weighted by Gasteiger charge is -2.17. The third-order valence-electron chi connectivity index (χ3n) is 1.41. The Bertz CT molecular complexity index is 225. The summed E-state index contributed by atoms with van der Waals surface area (Å²) in [4.78, 5) is 21.3. The fourth-order valence-electron chi connectivity index (χ4n) is 0.754. The van der Waals surface area contributed by atoms with Crippen molar-refractivity contribution in [2.75, 3.05) is 13.2 Å². The average molecular weight is 216 g/mol. The van der Waals surface area contributed by atoms with Gasteiger partial charge in [0.2, 0.25) is 0 Å². The first-order valence-corrected chi connectivity index (χ1v) is 5.03. The zero-order valence-electron chi connectivity index (χ0n) is 10.1. The number of allylic oxidation sites excluding steroid dienone is 1. The van der Waals surface area contributed by atoms with Gasteiger partial charge in [0.15, 0.2) is 0 Å². The van der Waals surface area contributed by atoms with Crippen molar-refractivity contribution in [2.24, 2.45) is 0 Å². The average Bonchev–Trinajstić information content (AvgIpc) is 2.11. The molecule has 0 aliphatic rings. The molecular weight excluding hydrogens is 196 g/mol.